The van der Waals surface area contributed by atoms with Crippen LogP contribution in [0.15, 0.2) is 29.5 Å². The van der Waals surface area contributed by atoms with Crippen LogP contribution in [0.25, 0.3) is 0 Å². The summed E-state index contributed by atoms with van der Waals surface area (Å²) in [7, 11) is 2.19. The first-order chi connectivity index (χ1) is 7.82. The maximum Gasteiger partial charge on any atom is 0.131 e. The van der Waals surface area contributed by atoms with E-state index in [-0.39, 0.29) is 0 Å². The van der Waals surface area contributed by atoms with Crippen LogP contribution in [-0.2, 0) is 0 Å². The molecule has 84 valence electrons. The molecule has 3 heteroatoms. The van der Waals surface area contributed by atoms with E-state index in [1.165, 1.54) is 31.2 Å². The van der Waals surface area contributed by atoms with E-state index in [9.17, 15) is 0 Å². The summed E-state index contributed by atoms with van der Waals surface area (Å²) in [5.41, 5.74) is 1.53. The molecule has 1 fully saturated rings. The van der Waals surface area contributed by atoms with E-state index in [0.717, 1.165) is 12.4 Å². The maximum atomic E-state index is 4.74. The van der Waals surface area contributed by atoms with Crippen molar-refractivity contribution in [2.75, 3.05) is 13.6 Å². The monoisotopic (exact) mass is 215 g/mol. The summed E-state index contributed by atoms with van der Waals surface area (Å²) in [6.45, 7) is 0.973. The lowest BCUT2D eigenvalue weighted by atomic mass is 9.97. The van der Waals surface area contributed by atoms with Crippen LogP contribution in [0.5, 0.6) is 0 Å². The molecule has 2 aliphatic rings. The highest BCUT2D eigenvalue weighted by molar-refractivity contribution is 6.00. The molecular formula is C13H17N3. The van der Waals surface area contributed by atoms with Crippen molar-refractivity contribution in [1.82, 2.24) is 9.88 Å². The van der Waals surface area contributed by atoms with E-state index in [1.54, 1.807) is 0 Å². The maximum absolute atomic E-state index is 4.74. The molecule has 1 spiro atoms. The van der Waals surface area contributed by atoms with Crippen molar-refractivity contribution in [3.63, 3.8) is 0 Å². The average Bonchev–Trinajstić information content (AvgIpc) is 2.91. The Kier molecular flexibility index (Phi) is 2.20. The van der Waals surface area contributed by atoms with Crippen LogP contribution in [0.3, 0.4) is 0 Å². The van der Waals surface area contributed by atoms with Crippen molar-refractivity contribution < 1.29 is 0 Å². The first-order valence-electron chi connectivity index (χ1n) is 6.01. The lowest BCUT2D eigenvalue weighted by molar-refractivity contribution is 0.245. The highest BCUT2D eigenvalue weighted by Crippen LogP contribution is 2.38. The minimum atomic E-state index is 0.332. The Balaban J connectivity index is 1.89. The fourth-order valence-corrected chi connectivity index (χ4v) is 2.97. The third-order valence-corrected chi connectivity index (χ3v) is 4.03. The number of rotatable bonds is 1. The van der Waals surface area contributed by atoms with Crippen LogP contribution in [0.2, 0.25) is 0 Å². The summed E-state index contributed by atoms with van der Waals surface area (Å²) >= 11 is 0. The molecule has 0 atom stereocenters. The van der Waals surface area contributed by atoms with E-state index in [1.807, 2.05) is 24.5 Å². The zero-order valence-electron chi connectivity index (χ0n) is 9.69. The number of amidine groups is 1. The normalized spacial score (nSPS) is 22.8. The number of hydrogen-bond acceptors (Lipinski definition) is 3. The third-order valence-electron chi connectivity index (χ3n) is 4.03. The number of aliphatic imine (C=N–C) groups is 1. The number of hydrogen-bond donors (Lipinski definition) is 0. The van der Waals surface area contributed by atoms with Gasteiger partial charge < -0.3 is 4.90 Å². The van der Waals surface area contributed by atoms with Gasteiger partial charge in [0.05, 0.1) is 12.1 Å². The standard InChI is InChI=1S/C13H17N3/c1-16-12(11-4-8-14-9-5-11)15-10-13(16)6-2-3-7-13/h4-5,8-9H,2-3,6-7,10H2,1H3. The summed E-state index contributed by atoms with van der Waals surface area (Å²) in [4.78, 5) is 11.2. The molecule has 3 nitrogen and oxygen atoms in total. The van der Waals surface area contributed by atoms with E-state index in [0.29, 0.717) is 5.54 Å². The predicted molar refractivity (Wildman–Crippen MR) is 64.6 cm³/mol. The molecule has 0 amide bonds. The molecular weight excluding hydrogens is 198 g/mol. The first-order valence-corrected chi connectivity index (χ1v) is 6.01. The molecule has 16 heavy (non-hydrogen) atoms. The van der Waals surface area contributed by atoms with Crippen molar-refractivity contribution in [3.05, 3.63) is 30.1 Å². The molecule has 3 rings (SSSR count). The fraction of sp³-hybridized carbons (Fsp3) is 0.538. The van der Waals surface area contributed by atoms with Gasteiger partial charge in [0, 0.05) is 25.0 Å². The van der Waals surface area contributed by atoms with Gasteiger partial charge in [-0.25, -0.2) is 0 Å². The van der Waals surface area contributed by atoms with Crippen LogP contribution < -0.4 is 0 Å². The molecule has 1 saturated carbocycles. The van der Waals surface area contributed by atoms with Crippen LogP contribution >= 0.6 is 0 Å². The number of nitrogens with zero attached hydrogens (tertiary/aromatic N) is 3. The Labute approximate surface area is 96.2 Å². The van der Waals surface area contributed by atoms with Crippen molar-refractivity contribution in [1.29, 1.82) is 0 Å². The van der Waals surface area contributed by atoms with Gasteiger partial charge in [0.2, 0.25) is 0 Å². The number of likely N-dealkylation sites (N-methyl/N-ethyl adjacent to an activating group) is 1. The van der Waals surface area contributed by atoms with E-state index in [4.69, 9.17) is 4.99 Å². The van der Waals surface area contributed by atoms with Gasteiger partial charge in [-0.2, -0.15) is 0 Å². The molecule has 0 saturated heterocycles. The van der Waals surface area contributed by atoms with E-state index in [2.05, 4.69) is 16.9 Å². The molecule has 0 aromatic carbocycles. The van der Waals surface area contributed by atoms with Gasteiger partial charge in [0.15, 0.2) is 0 Å². The lowest BCUT2D eigenvalue weighted by Crippen LogP contribution is -2.44. The predicted octanol–water partition coefficient (Wildman–Crippen LogP) is 2.09. The summed E-state index contributed by atoms with van der Waals surface area (Å²) in [5, 5.41) is 0. The summed E-state index contributed by atoms with van der Waals surface area (Å²) in [5.74, 6) is 1.14. The van der Waals surface area contributed by atoms with Gasteiger partial charge in [0.1, 0.15) is 5.84 Å². The van der Waals surface area contributed by atoms with Gasteiger partial charge >= 0.3 is 0 Å². The lowest BCUT2D eigenvalue weighted by Gasteiger charge is -2.33. The minimum absolute atomic E-state index is 0.332. The zero-order chi connectivity index (χ0) is 11.0. The molecule has 0 bridgehead atoms. The molecule has 0 radical (unpaired) electrons. The third kappa shape index (κ3) is 1.34. The largest absolute Gasteiger partial charge is 0.352 e. The Bertz CT molecular complexity index is 404. The van der Waals surface area contributed by atoms with Crippen molar-refractivity contribution in [2.45, 2.75) is 31.2 Å². The highest BCUT2D eigenvalue weighted by Gasteiger charge is 2.42. The Morgan fingerprint density at radius 2 is 1.88 bits per heavy atom. The second-order valence-corrected chi connectivity index (χ2v) is 4.87. The van der Waals surface area contributed by atoms with E-state index < -0.39 is 0 Å². The fourth-order valence-electron chi connectivity index (χ4n) is 2.97. The van der Waals surface area contributed by atoms with Crippen LogP contribution in [0.1, 0.15) is 31.2 Å². The molecule has 1 aliphatic heterocycles. The van der Waals surface area contributed by atoms with Crippen LogP contribution in [0.4, 0.5) is 0 Å². The van der Waals surface area contributed by atoms with Crippen LogP contribution in [-0.4, -0.2) is 34.9 Å². The minimum Gasteiger partial charge on any atom is -0.352 e. The Hall–Kier alpha value is -1.38. The topological polar surface area (TPSA) is 28.5 Å². The molecule has 2 heterocycles. The second-order valence-electron chi connectivity index (χ2n) is 4.87. The highest BCUT2D eigenvalue weighted by atomic mass is 15.3. The smallest absolute Gasteiger partial charge is 0.131 e. The average molecular weight is 215 g/mol. The number of pyridine rings is 1. The first kappa shape index (κ1) is 9.82. The summed E-state index contributed by atoms with van der Waals surface area (Å²) in [6.07, 6.45) is 8.97. The summed E-state index contributed by atoms with van der Waals surface area (Å²) < 4.78 is 0. The van der Waals surface area contributed by atoms with Gasteiger partial charge in [-0.15, -0.1) is 0 Å². The van der Waals surface area contributed by atoms with Gasteiger partial charge in [0.25, 0.3) is 0 Å². The molecule has 0 unspecified atom stereocenters. The molecule has 1 aromatic heterocycles. The molecule has 1 aliphatic carbocycles. The van der Waals surface area contributed by atoms with Crippen molar-refractivity contribution in [2.24, 2.45) is 4.99 Å². The van der Waals surface area contributed by atoms with Crippen molar-refractivity contribution in [3.8, 4) is 0 Å². The van der Waals surface area contributed by atoms with Gasteiger partial charge in [-0.1, -0.05) is 12.8 Å². The summed E-state index contributed by atoms with van der Waals surface area (Å²) in [6, 6.07) is 4.09. The molecule has 0 N–H and O–H groups in total. The molecule has 1 aromatic rings. The van der Waals surface area contributed by atoms with Gasteiger partial charge in [-0.3, -0.25) is 9.98 Å². The Morgan fingerprint density at radius 1 is 1.19 bits per heavy atom. The zero-order valence-corrected chi connectivity index (χ0v) is 9.69. The second kappa shape index (κ2) is 3.58. The van der Waals surface area contributed by atoms with Crippen molar-refractivity contribution >= 4 is 5.84 Å². The van der Waals surface area contributed by atoms with Gasteiger partial charge in [-0.05, 0) is 25.0 Å². The quantitative estimate of drug-likeness (QED) is 0.717. The Morgan fingerprint density at radius 3 is 2.56 bits per heavy atom. The SMILES string of the molecule is CN1C(c2ccncc2)=NCC12CCCC2. The van der Waals surface area contributed by atoms with Crippen LogP contribution in [0, 0.1) is 0 Å². The number of aromatic nitrogens is 1. The van der Waals surface area contributed by atoms with E-state index >= 15 is 0 Å².